The summed E-state index contributed by atoms with van der Waals surface area (Å²) in [7, 11) is 1.62. The Morgan fingerprint density at radius 1 is 1.33 bits per heavy atom. The fraction of sp³-hybridized carbons (Fsp3) is 0.263. The molecule has 2 aromatic heterocycles. The number of benzene rings is 1. The SMILES string of the molecule is COc1cccc(-c2ncc(CNC(=O)c3cnc(C4CC4)[nH]c3=O)s2)c1. The van der Waals surface area contributed by atoms with Crippen LogP contribution in [0, 0.1) is 0 Å². The Labute approximate surface area is 159 Å². The summed E-state index contributed by atoms with van der Waals surface area (Å²) in [5, 5.41) is 3.59. The van der Waals surface area contributed by atoms with Crippen LogP contribution in [0.3, 0.4) is 0 Å². The van der Waals surface area contributed by atoms with E-state index in [4.69, 9.17) is 4.74 Å². The molecule has 0 radical (unpaired) electrons. The molecule has 27 heavy (non-hydrogen) atoms. The summed E-state index contributed by atoms with van der Waals surface area (Å²) in [5.41, 5.74) is 0.580. The number of aromatic amines is 1. The van der Waals surface area contributed by atoms with Gasteiger partial charge in [0, 0.05) is 28.8 Å². The van der Waals surface area contributed by atoms with E-state index in [1.54, 1.807) is 13.3 Å². The highest BCUT2D eigenvalue weighted by Crippen LogP contribution is 2.37. The lowest BCUT2D eigenvalue weighted by atomic mass is 10.2. The minimum atomic E-state index is -0.442. The molecular weight excluding hydrogens is 364 g/mol. The molecule has 1 aromatic carbocycles. The fourth-order valence-corrected chi connectivity index (χ4v) is 3.52. The van der Waals surface area contributed by atoms with Crippen molar-refractivity contribution >= 4 is 17.2 Å². The first-order valence-corrected chi connectivity index (χ1v) is 9.42. The Morgan fingerprint density at radius 2 is 2.19 bits per heavy atom. The van der Waals surface area contributed by atoms with Gasteiger partial charge in [-0.05, 0) is 25.0 Å². The van der Waals surface area contributed by atoms with Gasteiger partial charge in [-0.1, -0.05) is 12.1 Å². The molecule has 1 saturated carbocycles. The Morgan fingerprint density at radius 3 is 2.93 bits per heavy atom. The summed E-state index contributed by atoms with van der Waals surface area (Å²) in [6.07, 6.45) is 5.15. The molecule has 0 bridgehead atoms. The minimum absolute atomic E-state index is 0.0249. The number of ether oxygens (including phenoxy) is 1. The van der Waals surface area contributed by atoms with Gasteiger partial charge >= 0.3 is 0 Å². The number of H-pyrrole nitrogens is 1. The van der Waals surface area contributed by atoms with Crippen LogP contribution < -0.4 is 15.6 Å². The van der Waals surface area contributed by atoms with Crippen LogP contribution in [-0.4, -0.2) is 28.0 Å². The van der Waals surface area contributed by atoms with Crippen molar-refractivity contribution in [2.24, 2.45) is 0 Å². The molecule has 2 N–H and O–H groups in total. The second-order valence-corrected chi connectivity index (χ2v) is 7.45. The summed E-state index contributed by atoms with van der Waals surface area (Å²) in [5.74, 6) is 1.32. The van der Waals surface area contributed by atoms with Crippen molar-refractivity contribution in [3.63, 3.8) is 0 Å². The zero-order valence-corrected chi connectivity index (χ0v) is 15.5. The number of carbonyl (C=O) groups is 1. The van der Waals surface area contributed by atoms with Crippen LogP contribution in [0.4, 0.5) is 0 Å². The quantitative estimate of drug-likeness (QED) is 0.683. The number of carbonyl (C=O) groups excluding carboxylic acids is 1. The van der Waals surface area contributed by atoms with Gasteiger partial charge in [0.1, 0.15) is 22.1 Å². The molecule has 1 aliphatic carbocycles. The summed E-state index contributed by atoms with van der Waals surface area (Å²) in [6, 6.07) is 7.64. The van der Waals surface area contributed by atoms with Crippen LogP contribution in [-0.2, 0) is 6.54 Å². The smallest absolute Gasteiger partial charge is 0.263 e. The molecule has 4 rings (SSSR count). The van der Waals surface area contributed by atoms with E-state index in [1.165, 1.54) is 17.5 Å². The third-order valence-electron chi connectivity index (χ3n) is 4.32. The molecule has 7 nitrogen and oxygen atoms in total. The van der Waals surface area contributed by atoms with Crippen molar-refractivity contribution in [2.75, 3.05) is 7.11 Å². The molecule has 1 fully saturated rings. The normalized spacial score (nSPS) is 13.4. The van der Waals surface area contributed by atoms with E-state index in [9.17, 15) is 9.59 Å². The van der Waals surface area contributed by atoms with Crippen LogP contribution in [0.25, 0.3) is 10.6 Å². The highest BCUT2D eigenvalue weighted by Gasteiger charge is 2.26. The van der Waals surface area contributed by atoms with E-state index in [-0.39, 0.29) is 5.56 Å². The summed E-state index contributed by atoms with van der Waals surface area (Å²) in [4.78, 5) is 36.6. The lowest BCUT2D eigenvalue weighted by Gasteiger charge is -2.04. The van der Waals surface area contributed by atoms with E-state index in [2.05, 4.69) is 20.3 Å². The van der Waals surface area contributed by atoms with Crippen LogP contribution >= 0.6 is 11.3 Å². The zero-order chi connectivity index (χ0) is 18.8. The predicted molar refractivity (Wildman–Crippen MR) is 102 cm³/mol. The maximum Gasteiger partial charge on any atom is 0.263 e. The second kappa shape index (κ2) is 7.32. The fourth-order valence-electron chi connectivity index (χ4n) is 2.68. The molecule has 0 atom stereocenters. The van der Waals surface area contributed by atoms with Crippen molar-refractivity contribution in [2.45, 2.75) is 25.3 Å². The van der Waals surface area contributed by atoms with E-state index < -0.39 is 11.5 Å². The van der Waals surface area contributed by atoms with Crippen LogP contribution in [0.5, 0.6) is 5.75 Å². The molecule has 8 heteroatoms. The molecule has 1 amide bonds. The lowest BCUT2D eigenvalue weighted by molar-refractivity contribution is 0.0949. The Hall–Kier alpha value is -3.00. The van der Waals surface area contributed by atoms with E-state index in [1.807, 2.05) is 24.3 Å². The number of amides is 1. The standard InChI is InChI=1S/C19H18N4O3S/c1-26-13-4-2-3-12(7-13)19-22-9-14(27-19)8-21-17(24)15-10-20-16(11-5-6-11)23-18(15)25/h2-4,7,9-11H,5-6,8H2,1H3,(H,21,24)(H,20,23,25). The number of nitrogens with zero attached hydrogens (tertiary/aromatic N) is 2. The molecule has 2 heterocycles. The summed E-state index contributed by atoms with van der Waals surface area (Å²) < 4.78 is 5.23. The number of hydrogen-bond acceptors (Lipinski definition) is 6. The van der Waals surface area contributed by atoms with E-state index in [0.717, 1.165) is 34.0 Å². The maximum atomic E-state index is 12.3. The highest BCUT2D eigenvalue weighted by molar-refractivity contribution is 7.15. The number of methoxy groups -OCH3 is 1. The van der Waals surface area contributed by atoms with Crippen LogP contribution in [0.15, 0.2) is 41.5 Å². The number of thiazole rings is 1. The average molecular weight is 382 g/mol. The van der Waals surface area contributed by atoms with Gasteiger partial charge in [0.2, 0.25) is 0 Å². The van der Waals surface area contributed by atoms with Gasteiger partial charge in [-0.2, -0.15) is 0 Å². The van der Waals surface area contributed by atoms with Crippen molar-refractivity contribution in [1.29, 1.82) is 0 Å². The van der Waals surface area contributed by atoms with Crippen LogP contribution in [0.1, 0.15) is 39.8 Å². The zero-order valence-electron chi connectivity index (χ0n) is 14.7. The number of rotatable bonds is 6. The van der Waals surface area contributed by atoms with E-state index >= 15 is 0 Å². The van der Waals surface area contributed by atoms with Gasteiger partial charge in [0.15, 0.2) is 0 Å². The molecule has 0 spiro atoms. The van der Waals surface area contributed by atoms with Gasteiger partial charge in [-0.25, -0.2) is 9.97 Å². The van der Waals surface area contributed by atoms with Crippen molar-refractivity contribution in [3.8, 4) is 16.3 Å². The first-order chi connectivity index (χ1) is 13.1. The molecule has 3 aromatic rings. The third-order valence-corrected chi connectivity index (χ3v) is 5.37. The minimum Gasteiger partial charge on any atom is -0.497 e. The van der Waals surface area contributed by atoms with Crippen molar-refractivity contribution < 1.29 is 9.53 Å². The van der Waals surface area contributed by atoms with Gasteiger partial charge in [-0.15, -0.1) is 11.3 Å². The Balaban J connectivity index is 1.42. The first-order valence-electron chi connectivity index (χ1n) is 8.60. The number of nitrogens with one attached hydrogen (secondary N) is 2. The average Bonchev–Trinajstić information content (AvgIpc) is 3.44. The van der Waals surface area contributed by atoms with E-state index in [0.29, 0.717) is 18.3 Å². The Kier molecular flexibility index (Phi) is 4.72. The van der Waals surface area contributed by atoms with Crippen molar-refractivity contribution in [1.82, 2.24) is 20.3 Å². The predicted octanol–water partition coefficient (Wildman–Crippen LogP) is 2.71. The largest absolute Gasteiger partial charge is 0.497 e. The van der Waals surface area contributed by atoms with Crippen LogP contribution in [0.2, 0.25) is 0 Å². The topological polar surface area (TPSA) is 97.0 Å². The molecule has 0 saturated heterocycles. The summed E-state index contributed by atoms with van der Waals surface area (Å²) in [6.45, 7) is 0.296. The number of aromatic nitrogens is 3. The number of hydrogen-bond donors (Lipinski definition) is 2. The second-order valence-electron chi connectivity index (χ2n) is 6.33. The van der Waals surface area contributed by atoms with Gasteiger partial charge in [-0.3, -0.25) is 9.59 Å². The molecule has 0 unspecified atom stereocenters. The molecule has 1 aliphatic rings. The lowest BCUT2D eigenvalue weighted by Crippen LogP contribution is -2.29. The first kappa shape index (κ1) is 17.4. The monoisotopic (exact) mass is 382 g/mol. The van der Waals surface area contributed by atoms with Gasteiger partial charge in [0.25, 0.3) is 11.5 Å². The maximum absolute atomic E-state index is 12.3. The summed E-state index contributed by atoms with van der Waals surface area (Å²) >= 11 is 1.48. The third kappa shape index (κ3) is 3.90. The Bertz CT molecular complexity index is 1040. The van der Waals surface area contributed by atoms with Crippen molar-refractivity contribution in [3.05, 3.63) is 63.3 Å². The molecular formula is C19H18N4O3S. The molecule has 0 aliphatic heterocycles. The van der Waals surface area contributed by atoms with Gasteiger partial charge < -0.3 is 15.0 Å². The van der Waals surface area contributed by atoms with Gasteiger partial charge in [0.05, 0.1) is 13.7 Å². The molecule has 138 valence electrons. The highest BCUT2D eigenvalue weighted by atomic mass is 32.1.